The van der Waals surface area contributed by atoms with Crippen LogP contribution in [0.1, 0.15) is 63.5 Å². The third kappa shape index (κ3) is 4.45. The largest absolute Gasteiger partial charge is 0.445 e. The lowest BCUT2D eigenvalue weighted by atomic mass is 9.90. The van der Waals surface area contributed by atoms with E-state index >= 15 is 0 Å². The fourth-order valence-corrected chi connectivity index (χ4v) is 2.76. The van der Waals surface area contributed by atoms with Gasteiger partial charge in [-0.15, -0.1) is 0 Å². The summed E-state index contributed by atoms with van der Waals surface area (Å²) in [5, 5.41) is 0. The molecule has 0 fully saturated rings. The molecule has 1 amide bonds. The Hall–Kier alpha value is -1.76. The summed E-state index contributed by atoms with van der Waals surface area (Å²) in [6.07, 6.45) is -0.385. The normalized spacial score (nSPS) is 14.9. The van der Waals surface area contributed by atoms with Crippen LogP contribution < -0.4 is 0 Å². The van der Waals surface area contributed by atoms with Crippen LogP contribution in [-0.2, 0) is 28.0 Å². The lowest BCUT2D eigenvalue weighted by molar-refractivity contribution is 0.0194. The molecule has 1 aliphatic heterocycles. The van der Waals surface area contributed by atoms with E-state index < -0.39 is 11.6 Å². The first-order valence-corrected chi connectivity index (χ1v) is 8.78. The number of fused-ring (bicyclic) bond motifs is 1. The minimum atomic E-state index is -0.560. The van der Waals surface area contributed by atoms with Crippen LogP contribution in [0.3, 0.4) is 0 Å². The molecule has 7 nitrogen and oxygen atoms in total. The second-order valence-corrected chi connectivity index (χ2v) is 8.29. The number of carbonyl (C=O) groups is 2. The number of alkyl halides is 1. The molecular formula is C17H26ClN3O4. The quantitative estimate of drug-likeness (QED) is 0.589. The predicted octanol–water partition coefficient (Wildman–Crippen LogP) is 3.28. The monoisotopic (exact) mass is 371 g/mol. The van der Waals surface area contributed by atoms with E-state index in [2.05, 4.69) is 4.98 Å². The highest BCUT2D eigenvalue weighted by Gasteiger charge is 2.35. The van der Waals surface area contributed by atoms with Crippen LogP contribution in [0.4, 0.5) is 4.79 Å². The van der Waals surface area contributed by atoms with Crippen molar-refractivity contribution < 1.29 is 19.1 Å². The average Bonchev–Trinajstić information content (AvgIpc) is 2.84. The molecule has 140 valence electrons. The topological polar surface area (TPSA) is 73.7 Å². The molecule has 0 N–H and O–H groups in total. The smallest absolute Gasteiger partial charge is 0.410 e. The van der Waals surface area contributed by atoms with E-state index in [0.29, 0.717) is 30.3 Å². The maximum Gasteiger partial charge on any atom is 0.410 e. The Morgan fingerprint density at radius 2 is 1.80 bits per heavy atom. The first kappa shape index (κ1) is 19.6. The van der Waals surface area contributed by atoms with E-state index in [-0.39, 0.29) is 24.1 Å². The van der Waals surface area contributed by atoms with E-state index in [1.54, 1.807) is 4.90 Å². The summed E-state index contributed by atoms with van der Waals surface area (Å²) in [6.45, 7) is 12.6. The molecule has 0 bridgehead atoms. The molecule has 0 aliphatic carbocycles. The Morgan fingerprint density at radius 3 is 2.32 bits per heavy atom. The van der Waals surface area contributed by atoms with E-state index in [4.69, 9.17) is 21.1 Å². The number of amides is 1. The van der Waals surface area contributed by atoms with Crippen molar-refractivity contribution in [2.75, 3.05) is 12.6 Å². The van der Waals surface area contributed by atoms with E-state index in [9.17, 15) is 9.59 Å². The minimum absolute atomic E-state index is 0.215. The van der Waals surface area contributed by atoms with Crippen molar-refractivity contribution >= 4 is 23.7 Å². The Labute approximate surface area is 153 Å². The van der Waals surface area contributed by atoms with Gasteiger partial charge in [-0.05, 0) is 20.8 Å². The first-order valence-electron chi connectivity index (χ1n) is 8.25. The highest BCUT2D eigenvalue weighted by atomic mass is 35.5. The minimum Gasteiger partial charge on any atom is -0.445 e. The molecule has 8 heteroatoms. The number of hydrogen-bond acceptors (Lipinski definition) is 5. The third-order valence-corrected chi connectivity index (χ3v) is 3.82. The second kappa shape index (κ2) is 6.86. The molecule has 1 aromatic heterocycles. The molecule has 0 saturated heterocycles. The van der Waals surface area contributed by atoms with Crippen LogP contribution in [-0.4, -0.2) is 44.7 Å². The van der Waals surface area contributed by atoms with Gasteiger partial charge in [0.2, 0.25) is 0 Å². The molecule has 0 radical (unpaired) electrons. The maximum absolute atomic E-state index is 12.4. The number of esters is 1. The maximum atomic E-state index is 12.4. The van der Waals surface area contributed by atoms with Crippen molar-refractivity contribution in [2.24, 2.45) is 0 Å². The first-order chi connectivity index (χ1) is 11.4. The lowest BCUT2D eigenvalue weighted by Gasteiger charge is -2.30. The number of hydrogen-bond donors (Lipinski definition) is 0. The fourth-order valence-electron chi connectivity index (χ4n) is 2.66. The molecule has 25 heavy (non-hydrogen) atoms. The van der Waals surface area contributed by atoms with Gasteiger partial charge in [0, 0.05) is 18.5 Å². The standard InChI is InChI=1S/C17H26ClN3O4/c1-16(2,3)13-12(14(22)24-10-18)21-8-7-20(9-11(21)19-13)15(23)25-17(4,5)6/h7-10H2,1-6H3. The number of ether oxygens (including phenoxy) is 2. The molecule has 0 spiro atoms. The Bertz CT molecular complexity index is 671. The average molecular weight is 372 g/mol. The molecule has 0 unspecified atom stereocenters. The van der Waals surface area contributed by atoms with Crippen molar-refractivity contribution in [1.82, 2.24) is 14.5 Å². The lowest BCUT2D eigenvalue weighted by Crippen LogP contribution is -2.42. The SMILES string of the molecule is CC(C)(C)OC(=O)N1CCn2c(nc(C(C)(C)C)c2C(=O)OCCl)C1. The Kier molecular flexibility index (Phi) is 5.37. The van der Waals surface area contributed by atoms with Crippen molar-refractivity contribution in [3.05, 3.63) is 17.2 Å². The van der Waals surface area contributed by atoms with Crippen molar-refractivity contribution in [1.29, 1.82) is 0 Å². The van der Waals surface area contributed by atoms with Gasteiger partial charge in [0.25, 0.3) is 0 Å². The third-order valence-electron chi connectivity index (χ3n) is 3.71. The van der Waals surface area contributed by atoms with Crippen LogP contribution in [0.5, 0.6) is 0 Å². The number of carbonyl (C=O) groups excluding carboxylic acids is 2. The molecule has 0 saturated carbocycles. The van der Waals surface area contributed by atoms with E-state index in [1.807, 2.05) is 46.1 Å². The summed E-state index contributed by atoms with van der Waals surface area (Å²) in [6, 6.07) is -0.215. The van der Waals surface area contributed by atoms with Crippen molar-refractivity contribution in [3.63, 3.8) is 0 Å². The molecule has 1 aliphatic rings. The van der Waals surface area contributed by atoms with Crippen molar-refractivity contribution in [3.8, 4) is 0 Å². The molecule has 0 atom stereocenters. The predicted molar refractivity (Wildman–Crippen MR) is 93.7 cm³/mol. The van der Waals surface area contributed by atoms with Gasteiger partial charge >= 0.3 is 12.1 Å². The van der Waals surface area contributed by atoms with Gasteiger partial charge in [-0.1, -0.05) is 32.4 Å². The Morgan fingerprint density at radius 1 is 1.16 bits per heavy atom. The van der Waals surface area contributed by atoms with Gasteiger partial charge in [0.1, 0.15) is 11.4 Å². The van der Waals surface area contributed by atoms with E-state index in [0.717, 1.165) is 0 Å². The highest BCUT2D eigenvalue weighted by molar-refractivity contribution is 6.17. The zero-order chi connectivity index (χ0) is 19.0. The molecule has 0 aromatic carbocycles. The summed E-state index contributed by atoms with van der Waals surface area (Å²) in [7, 11) is 0. The summed E-state index contributed by atoms with van der Waals surface area (Å²) >= 11 is 5.55. The van der Waals surface area contributed by atoms with Crippen LogP contribution in [0, 0.1) is 0 Å². The summed E-state index contributed by atoms with van der Waals surface area (Å²) in [5.74, 6) is 0.146. The van der Waals surface area contributed by atoms with Gasteiger partial charge in [0.15, 0.2) is 11.8 Å². The van der Waals surface area contributed by atoms with Crippen LogP contribution in [0.15, 0.2) is 0 Å². The van der Waals surface area contributed by atoms with Gasteiger partial charge < -0.3 is 14.0 Å². The van der Waals surface area contributed by atoms with Crippen LogP contribution in [0.25, 0.3) is 0 Å². The Balaban J connectivity index is 2.34. The second-order valence-electron chi connectivity index (χ2n) is 8.07. The fraction of sp³-hybridized carbons (Fsp3) is 0.706. The van der Waals surface area contributed by atoms with Gasteiger partial charge in [-0.25, -0.2) is 14.6 Å². The van der Waals surface area contributed by atoms with E-state index in [1.165, 1.54) is 0 Å². The summed E-state index contributed by atoms with van der Waals surface area (Å²) in [5.41, 5.74) is 0.146. The molecule has 2 rings (SSSR count). The van der Waals surface area contributed by atoms with Gasteiger partial charge in [0.05, 0.1) is 12.2 Å². The van der Waals surface area contributed by atoms with Crippen LogP contribution in [0.2, 0.25) is 0 Å². The van der Waals surface area contributed by atoms with Crippen LogP contribution >= 0.6 is 11.6 Å². The number of halogens is 1. The number of nitrogens with zero attached hydrogens (tertiary/aromatic N) is 3. The molecule has 2 heterocycles. The molecule has 1 aromatic rings. The highest BCUT2D eigenvalue weighted by Crippen LogP contribution is 2.29. The molecular weight excluding hydrogens is 346 g/mol. The zero-order valence-electron chi connectivity index (χ0n) is 15.7. The number of imidazole rings is 1. The summed E-state index contributed by atoms with van der Waals surface area (Å²) in [4.78, 5) is 30.9. The summed E-state index contributed by atoms with van der Waals surface area (Å²) < 4.78 is 12.2. The number of aromatic nitrogens is 2. The van der Waals surface area contributed by atoms with Gasteiger partial charge in [-0.2, -0.15) is 0 Å². The zero-order valence-corrected chi connectivity index (χ0v) is 16.4. The number of rotatable bonds is 2. The van der Waals surface area contributed by atoms with Gasteiger partial charge in [-0.3, -0.25) is 4.90 Å². The van der Waals surface area contributed by atoms with Crippen molar-refractivity contribution in [2.45, 2.75) is 65.6 Å².